The van der Waals surface area contributed by atoms with Crippen LogP contribution in [0.25, 0.3) is 0 Å². The molecule has 2 rings (SSSR count). The van der Waals surface area contributed by atoms with E-state index in [4.69, 9.17) is 4.98 Å². The third-order valence-corrected chi connectivity index (χ3v) is 4.22. The highest BCUT2D eigenvalue weighted by atomic mass is 15.2. The number of hydrogen-bond acceptors (Lipinski definition) is 3. The molecule has 0 atom stereocenters. The van der Waals surface area contributed by atoms with Gasteiger partial charge in [-0.3, -0.25) is 0 Å². The zero-order valence-corrected chi connectivity index (χ0v) is 14.4. The molecule has 0 bridgehead atoms. The summed E-state index contributed by atoms with van der Waals surface area (Å²) >= 11 is 0. The molecule has 0 aliphatic heterocycles. The molecule has 1 heterocycles. The topological polar surface area (TPSA) is 28.2 Å². The molecule has 21 heavy (non-hydrogen) atoms. The van der Waals surface area contributed by atoms with Gasteiger partial charge in [-0.1, -0.05) is 12.8 Å². The van der Waals surface area contributed by atoms with Crippen molar-refractivity contribution in [2.24, 2.45) is 5.92 Å². The lowest BCUT2D eigenvalue weighted by molar-refractivity contribution is 0.424. The fourth-order valence-corrected chi connectivity index (χ4v) is 3.06. The first-order chi connectivity index (χ1) is 9.83. The van der Waals surface area contributed by atoms with E-state index in [0.29, 0.717) is 0 Å². The lowest BCUT2D eigenvalue weighted by atomic mass is 10.1. The number of nitrogens with one attached hydrogen (secondary N) is 1. The Labute approximate surface area is 130 Å². The predicted molar refractivity (Wildman–Crippen MR) is 90.8 cm³/mol. The first-order valence-corrected chi connectivity index (χ1v) is 8.27. The van der Waals surface area contributed by atoms with E-state index in [1.165, 1.54) is 31.2 Å². The molecular formula is C18H31N3. The number of nitrogens with zero attached hydrogens (tertiary/aromatic N) is 2. The average Bonchev–Trinajstić information content (AvgIpc) is 2.88. The SMILES string of the molecule is Cc1cc(CNC(C)(C)C)cc(N(C)CC2CCCC2)n1. The van der Waals surface area contributed by atoms with Crippen LogP contribution < -0.4 is 10.2 Å². The van der Waals surface area contributed by atoms with E-state index < -0.39 is 0 Å². The van der Waals surface area contributed by atoms with E-state index in [2.05, 4.69) is 57.1 Å². The molecule has 0 unspecified atom stereocenters. The molecule has 0 saturated heterocycles. The van der Waals surface area contributed by atoms with E-state index in [1.807, 2.05) is 0 Å². The Morgan fingerprint density at radius 3 is 2.52 bits per heavy atom. The van der Waals surface area contributed by atoms with Crippen molar-refractivity contribution in [2.45, 2.75) is 65.5 Å². The normalized spacial score (nSPS) is 16.4. The highest BCUT2D eigenvalue weighted by Crippen LogP contribution is 2.26. The van der Waals surface area contributed by atoms with Gasteiger partial charge >= 0.3 is 0 Å². The minimum atomic E-state index is 0.146. The molecule has 1 aromatic heterocycles. The summed E-state index contributed by atoms with van der Waals surface area (Å²) in [5, 5.41) is 3.56. The van der Waals surface area contributed by atoms with Crippen molar-refractivity contribution in [2.75, 3.05) is 18.5 Å². The van der Waals surface area contributed by atoms with Crippen molar-refractivity contribution >= 4 is 5.82 Å². The van der Waals surface area contributed by atoms with Gasteiger partial charge in [-0.2, -0.15) is 0 Å². The number of aromatic nitrogens is 1. The summed E-state index contributed by atoms with van der Waals surface area (Å²) in [6, 6.07) is 4.42. The maximum atomic E-state index is 4.72. The summed E-state index contributed by atoms with van der Waals surface area (Å²) in [7, 11) is 2.18. The Balaban J connectivity index is 2.03. The monoisotopic (exact) mass is 289 g/mol. The van der Waals surface area contributed by atoms with Gasteiger partial charge in [0, 0.05) is 31.4 Å². The molecule has 0 radical (unpaired) electrons. The summed E-state index contributed by atoms with van der Waals surface area (Å²) in [6.45, 7) is 10.7. The van der Waals surface area contributed by atoms with Gasteiger partial charge in [-0.25, -0.2) is 4.98 Å². The van der Waals surface area contributed by atoms with Crippen molar-refractivity contribution in [1.82, 2.24) is 10.3 Å². The van der Waals surface area contributed by atoms with Gasteiger partial charge in [0.15, 0.2) is 0 Å². The third-order valence-electron chi connectivity index (χ3n) is 4.22. The van der Waals surface area contributed by atoms with Crippen LogP contribution in [0.15, 0.2) is 12.1 Å². The van der Waals surface area contributed by atoms with Crippen LogP contribution in [0.4, 0.5) is 5.82 Å². The predicted octanol–water partition coefficient (Wildman–Crippen LogP) is 3.90. The van der Waals surface area contributed by atoms with Gasteiger partial charge in [-0.05, 0) is 64.2 Å². The fraction of sp³-hybridized carbons (Fsp3) is 0.722. The van der Waals surface area contributed by atoms with Crippen LogP contribution in [0.3, 0.4) is 0 Å². The number of hydrogen-bond donors (Lipinski definition) is 1. The van der Waals surface area contributed by atoms with E-state index in [1.54, 1.807) is 0 Å². The average molecular weight is 289 g/mol. The minimum Gasteiger partial charge on any atom is -0.359 e. The Bertz CT molecular complexity index is 456. The first-order valence-electron chi connectivity index (χ1n) is 8.27. The summed E-state index contributed by atoms with van der Waals surface area (Å²) in [5.74, 6) is 1.97. The second-order valence-corrected chi connectivity index (χ2v) is 7.61. The van der Waals surface area contributed by atoms with Crippen LogP contribution in [-0.2, 0) is 6.54 Å². The van der Waals surface area contributed by atoms with Crippen molar-refractivity contribution in [1.29, 1.82) is 0 Å². The Kier molecular flexibility index (Phi) is 5.26. The molecule has 3 nitrogen and oxygen atoms in total. The second kappa shape index (κ2) is 6.78. The molecule has 118 valence electrons. The van der Waals surface area contributed by atoms with Gasteiger partial charge in [0.25, 0.3) is 0 Å². The maximum Gasteiger partial charge on any atom is 0.128 e. The summed E-state index contributed by atoms with van der Waals surface area (Å²) in [5.41, 5.74) is 2.58. The standard InChI is InChI=1S/C18H31N3/c1-14-10-16(12-19-18(2,3)4)11-17(20-14)21(5)13-15-8-6-7-9-15/h10-11,15,19H,6-9,12-13H2,1-5H3. The van der Waals surface area contributed by atoms with E-state index in [9.17, 15) is 0 Å². The molecule has 0 aromatic carbocycles. The quantitative estimate of drug-likeness (QED) is 0.891. The molecule has 1 aromatic rings. The number of pyridine rings is 1. The van der Waals surface area contributed by atoms with Gasteiger partial charge in [-0.15, -0.1) is 0 Å². The van der Waals surface area contributed by atoms with E-state index >= 15 is 0 Å². The van der Waals surface area contributed by atoms with Crippen LogP contribution in [0.5, 0.6) is 0 Å². The smallest absolute Gasteiger partial charge is 0.128 e. The Morgan fingerprint density at radius 1 is 1.24 bits per heavy atom. The van der Waals surface area contributed by atoms with E-state index in [-0.39, 0.29) is 5.54 Å². The molecule has 3 heteroatoms. The van der Waals surface area contributed by atoms with Crippen LogP contribution in [0, 0.1) is 12.8 Å². The second-order valence-electron chi connectivity index (χ2n) is 7.61. The van der Waals surface area contributed by atoms with Gasteiger partial charge in [0.2, 0.25) is 0 Å². The van der Waals surface area contributed by atoms with Gasteiger partial charge in [0.1, 0.15) is 5.82 Å². The molecule has 1 aliphatic rings. The highest BCUT2D eigenvalue weighted by molar-refractivity contribution is 5.42. The first kappa shape index (κ1) is 16.3. The third kappa shape index (κ3) is 5.31. The van der Waals surface area contributed by atoms with Gasteiger partial charge in [0.05, 0.1) is 0 Å². The largest absolute Gasteiger partial charge is 0.359 e. The molecule has 1 N–H and O–H groups in total. The summed E-state index contributed by atoms with van der Waals surface area (Å²) in [4.78, 5) is 7.06. The number of rotatable bonds is 5. The lowest BCUT2D eigenvalue weighted by Crippen LogP contribution is -2.35. The zero-order valence-electron chi connectivity index (χ0n) is 14.4. The molecule has 0 spiro atoms. The minimum absolute atomic E-state index is 0.146. The van der Waals surface area contributed by atoms with Crippen LogP contribution in [-0.4, -0.2) is 24.1 Å². The van der Waals surface area contributed by atoms with Crippen molar-refractivity contribution in [3.05, 3.63) is 23.4 Å². The van der Waals surface area contributed by atoms with Crippen molar-refractivity contribution in [3.63, 3.8) is 0 Å². The fourth-order valence-electron chi connectivity index (χ4n) is 3.06. The van der Waals surface area contributed by atoms with Crippen LogP contribution in [0.1, 0.15) is 57.7 Å². The maximum absolute atomic E-state index is 4.72. The van der Waals surface area contributed by atoms with Crippen LogP contribution in [0.2, 0.25) is 0 Å². The summed E-state index contributed by atoms with van der Waals surface area (Å²) in [6.07, 6.45) is 5.57. The molecule has 1 saturated carbocycles. The number of anilines is 1. The molecule has 1 fully saturated rings. The van der Waals surface area contributed by atoms with Crippen LogP contribution >= 0.6 is 0 Å². The molecule has 1 aliphatic carbocycles. The lowest BCUT2D eigenvalue weighted by Gasteiger charge is -2.24. The van der Waals surface area contributed by atoms with Crippen molar-refractivity contribution in [3.8, 4) is 0 Å². The zero-order chi connectivity index (χ0) is 15.5. The molecule has 0 amide bonds. The Hall–Kier alpha value is -1.09. The highest BCUT2D eigenvalue weighted by Gasteiger charge is 2.18. The Morgan fingerprint density at radius 2 is 1.90 bits per heavy atom. The van der Waals surface area contributed by atoms with Gasteiger partial charge < -0.3 is 10.2 Å². The van der Waals surface area contributed by atoms with E-state index in [0.717, 1.165) is 30.5 Å². The van der Waals surface area contributed by atoms with Crippen molar-refractivity contribution < 1.29 is 0 Å². The molecular weight excluding hydrogens is 258 g/mol. The summed E-state index contributed by atoms with van der Waals surface area (Å²) < 4.78 is 0. The number of aryl methyl sites for hydroxylation is 1.